The number of rotatable bonds is 7. The minimum atomic E-state index is -0.441. The normalized spacial score (nSPS) is 21.2. The first kappa shape index (κ1) is 21.6. The molecular weight excluding hydrogens is 386 g/mol. The lowest BCUT2D eigenvalue weighted by Crippen LogP contribution is -2.54. The zero-order valence-corrected chi connectivity index (χ0v) is 18.5. The van der Waals surface area contributed by atoms with Crippen molar-refractivity contribution < 1.29 is 9.59 Å². The molecule has 31 heavy (non-hydrogen) atoms. The highest BCUT2D eigenvalue weighted by atomic mass is 16.2. The van der Waals surface area contributed by atoms with Crippen molar-refractivity contribution in [1.82, 2.24) is 9.80 Å². The summed E-state index contributed by atoms with van der Waals surface area (Å²) in [5.74, 6) is 0.638. The van der Waals surface area contributed by atoms with E-state index < -0.39 is 6.04 Å². The standard InChI is InChI=1S/C26H33N3O2/c1-18(2)13-24(27)26(31)29-17-21-14-22(29)16-28(21)25(30)15-23(19-9-5-3-6-10-19)20-11-7-4-8-12-20/h3-12,18,21-24H,13-17,27H2,1-2H3/t21-,22+,24+/m0/s1. The molecule has 4 rings (SSSR count). The van der Waals surface area contributed by atoms with Crippen LogP contribution in [0.1, 0.15) is 50.2 Å². The second-order valence-electron chi connectivity index (χ2n) is 9.39. The van der Waals surface area contributed by atoms with Crippen molar-refractivity contribution >= 4 is 11.8 Å². The first-order chi connectivity index (χ1) is 14.9. The Hall–Kier alpha value is -2.66. The van der Waals surface area contributed by atoms with Crippen LogP contribution in [0.15, 0.2) is 60.7 Å². The van der Waals surface area contributed by atoms with Crippen LogP contribution in [0.25, 0.3) is 0 Å². The number of hydrogen-bond acceptors (Lipinski definition) is 3. The Kier molecular flexibility index (Phi) is 6.42. The van der Waals surface area contributed by atoms with Crippen molar-refractivity contribution in [3.63, 3.8) is 0 Å². The second kappa shape index (κ2) is 9.23. The van der Waals surface area contributed by atoms with Crippen molar-refractivity contribution in [3.05, 3.63) is 71.8 Å². The van der Waals surface area contributed by atoms with Crippen molar-refractivity contribution in [2.75, 3.05) is 13.1 Å². The summed E-state index contributed by atoms with van der Waals surface area (Å²) >= 11 is 0. The first-order valence-electron chi connectivity index (χ1n) is 11.4. The number of nitrogens with two attached hydrogens (primary N) is 1. The summed E-state index contributed by atoms with van der Waals surface area (Å²) in [6, 6.07) is 20.3. The third-order valence-electron chi connectivity index (χ3n) is 6.67. The van der Waals surface area contributed by atoms with E-state index in [0.717, 1.165) is 17.5 Å². The van der Waals surface area contributed by atoms with Gasteiger partial charge in [-0.15, -0.1) is 0 Å². The number of carbonyl (C=O) groups excluding carboxylic acids is 2. The Morgan fingerprint density at radius 2 is 1.42 bits per heavy atom. The van der Waals surface area contributed by atoms with Crippen molar-refractivity contribution in [3.8, 4) is 0 Å². The predicted octanol–water partition coefficient (Wildman–Crippen LogP) is 3.39. The van der Waals surface area contributed by atoms with Gasteiger partial charge in [-0.25, -0.2) is 0 Å². The fourth-order valence-electron chi connectivity index (χ4n) is 5.15. The third-order valence-corrected chi connectivity index (χ3v) is 6.67. The maximum Gasteiger partial charge on any atom is 0.239 e. The van der Waals surface area contributed by atoms with Crippen LogP contribution in [-0.2, 0) is 9.59 Å². The number of benzene rings is 2. The van der Waals surface area contributed by atoms with E-state index in [9.17, 15) is 9.59 Å². The fraction of sp³-hybridized carbons (Fsp3) is 0.462. The molecule has 5 nitrogen and oxygen atoms in total. The molecule has 2 heterocycles. The van der Waals surface area contributed by atoms with Crippen LogP contribution in [0.2, 0.25) is 0 Å². The SMILES string of the molecule is CC(C)C[C@@H](N)C(=O)N1C[C@@H]2C[C@@H]1CN2C(=O)CC(c1ccccc1)c1ccccc1. The molecule has 5 heteroatoms. The Morgan fingerprint density at radius 3 is 1.90 bits per heavy atom. The number of piperazine rings is 1. The molecule has 0 spiro atoms. The topological polar surface area (TPSA) is 66.6 Å². The van der Waals surface area contributed by atoms with Crippen LogP contribution in [0.3, 0.4) is 0 Å². The number of likely N-dealkylation sites (tertiary alicyclic amines) is 2. The molecular formula is C26H33N3O2. The van der Waals surface area contributed by atoms with E-state index >= 15 is 0 Å². The Labute approximate surface area is 185 Å². The van der Waals surface area contributed by atoms with Gasteiger partial charge < -0.3 is 15.5 Å². The minimum absolute atomic E-state index is 0.0335. The molecule has 0 saturated carbocycles. The largest absolute Gasteiger partial charge is 0.336 e. The monoisotopic (exact) mass is 419 g/mol. The third kappa shape index (κ3) is 4.67. The Bertz CT molecular complexity index is 860. The van der Waals surface area contributed by atoms with Crippen LogP contribution >= 0.6 is 0 Å². The molecule has 2 saturated heterocycles. The van der Waals surface area contributed by atoms with Gasteiger partial charge in [-0.1, -0.05) is 74.5 Å². The van der Waals surface area contributed by atoms with Gasteiger partial charge >= 0.3 is 0 Å². The summed E-state index contributed by atoms with van der Waals surface area (Å²) in [5, 5.41) is 0. The van der Waals surface area contributed by atoms with Gasteiger partial charge in [-0.3, -0.25) is 9.59 Å². The van der Waals surface area contributed by atoms with Gasteiger partial charge in [0.15, 0.2) is 0 Å². The smallest absolute Gasteiger partial charge is 0.239 e. The summed E-state index contributed by atoms with van der Waals surface area (Å²) in [6.07, 6.45) is 2.01. The van der Waals surface area contributed by atoms with Crippen LogP contribution in [0.5, 0.6) is 0 Å². The van der Waals surface area contributed by atoms with E-state index in [4.69, 9.17) is 5.73 Å². The lowest BCUT2D eigenvalue weighted by molar-refractivity contribution is -0.140. The quantitative estimate of drug-likeness (QED) is 0.748. The second-order valence-corrected chi connectivity index (χ2v) is 9.39. The van der Waals surface area contributed by atoms with Crippen LogP contribution < -0.4 is 5.73 Å². The van der Waals surface area contributed by atoms with Gasteiger partial charge in [0.25, 0.3) is 0 Å². The van der Waals surface area contributed by atoms with Crippen LogP contribution in [0, 0.1) is 5.92 Å². The van der Waals surface area contributed by atoms with E-state index in [1.807, 2.05) is 46.2 Å². The molecule has 2 bridgehead atoms. The van der Waals surface area contributed by atoms with Gasteiger partial charge in [0.1, 0.15) is 0 Å². The molecule has 2 aliphatic heterocycles. The Balaban J connectivity index is 1.43. The number of amides is 2. The van der Waals surface area contributed by atoms with Gasteiger partial charge in [-0.2, -0.15) is 0 Å². The molecule has 2 aromatic rings. The van der Waals surface area contributed by atoms with Crippen LogP contribution in [-0.4, -0.2) is 52.8 Å². The molecule has 2 aliphatic rings. The van der Waals surface area contributed by atoms with E-state index in [2.05, 4.69) is 38.1 Å². The molecule has 0 radical (unpaired) electrons. The lowest BCUT2D eigenvalue weighted by Gasteiger charge is -2.36. The molecule has 3 atom stereocenters. The highest BCUT2D eigenvalue weighted by Crippen LogP contribution is 2.35. The van der Waals surface area contributed by atoms with Crippen LogP contribution in [0.4, 0.5) is 0 Å². The summed E-state index contributed by atoms with van der Waals surface area (Å²) in [7, 11) is 0. The zero-order valence-electron chi connectivity index (χ0n) is 18.5. The molecule has 0 aromatic heterocycles. The van der Waals surface area contributed by atoms with Gasteiger partial charge in [-0.05, 0) is 29.9 Å². The number of fused-ring (bicyclic) bond motifs is 2. The fourth-order valence-corrected chi connectivity index (χ4v) is 5.15. The number of nitrogens with zero attached hydrogens (tertiary/aromatic N) is 2. The van der Waals surface area contributed by atoms with Crippen molar-refractivity contribution in [2.45, 2.75) is 57.2 Å². The molecule has 2 aromatic carbocycles. The number of carbonyl (C=O) groups is 2. The van der Waals surface area contributed by atoms with Gasteiger partial charge in [0.2, 0.25) is 11.8 Å². The van der Waals surface area contributed by atoms with Crippen molar-refractivity contribution in [2.24, 2.45) is 11.7 Å². The molecule has 2 N–H and O–H groups in total. The number of hydrogen-bond donors (Lipinski definition) is 1. The molecule has 2 amide bonds. The maximum absolute atomic E-state index is 13.3. The molecule has 0 aliphatic carbocycles. The average Bonchev–Trinajstić information content (AvgIpc) is 3.39. The lowest BCUT2D eigenvalue weighted by atomic mass is 9.88. The van der Waals surface area contributed by atoms with Gasteiger partial charge in [0, 0.05) is 25.4 Å². The summed E-state index contributed by atoms with van der Waals surface area (Å²) in [4.78, 5) is 30.1. The highest BCUT2D eigenvalue weighted by molar-refractivity contribution is 5.84. The predicted molar refractivity (Wildman–Crippen MR) is 122 cm³/mol. The Morgan fingerprint density at radius 1 is 0.903 bits per heavy atom. The minimum Gasteiger partial charge on any atom is -0.336 e. The van der Waals surface area contributed by atoms with E-state index in [1.165, 1.54) is 0 Å². The molecule has 2 fully saturated rings. The van der Waals surface area contributed by atoms with E-state index in [1.54, 1.807) is 0 Å². The van der Waals surface area contributed by atoms with Crippen molar-refractivity contribution in [1.29, 1.82) is 0 Å². The van der Waals surface area contributed by atoms with E-state index in [0.29, 0.717) is 31.8 Å². The van der Waals surface area contributed by atoms with E-state index in [-0.39, 0.29) is 29.8 Å². The molecule has 164 valence electrons. The van der Waals surface area contributed by atoms with Gasteiger partial charge in [0.05, 0.1) is 18.1 Å². The first-order valence-corrected chi connectivity index (χ1v) is 11.4. The zero-order chi connectivity index (χ0) is 22.0. The molecule has 0 unspecified atom stereocenters. The highest BCUT2D eigenvalue weighted by Gasteiger charge is 2.47. The maximum atomic E-state index is 13.3. The summed E-state index contributed by atoms with van der Waals surface area (Å²) < 4.78 is 0. The average molecular weight is 420 g/mol. The summed E-state index contributed by atoms with van der Waals surface area (Å²) in [6.45, 7) is 5.40. The summed E-state index contributed by atoms with van der Waals surface area (Å²) in [5.41, 5.74) is 8.46.